The van der Waals surface area contributed by atoms with Crippen molar-refractivity contribution in [2.75, 3.05) is 0 Å². The molecule has 0 atom stereocenters. The zero-order valence-electron chi connectivity index (χ0n) is 6.69. The SMILES string of the molecule is FC(F)=C(F)F.FC(F)=C(F)OC(F)(F)F. The Kier molecular flexibility index (Phi) is 7.38. The van der Waals surface area contributed by atoms with Crippen molar-refractivity contribution in [2.45, 2.75) is 6.36 Å². The molecule has 0 aromatic heterocycles. The topological polar surface area (TPSA) is 9.23 Å². The lowest BCUT2D eigenvalue weighted by Crippen LogP contribution is -2.11. The summed E-state index contributed by atoms with van der Waals surface area (Å²) < 4.78 is 109. The van der Waals surface area contributed by atoms with Gasteiger partial charge < -0.3 is 4.74 Å². The van der Waals surface area contributed by atoms with Gasteiger partial charge in [-0.05, 0) is 0 Å². The van der Waals surface area contributed by atoms with E-state index in [4.69, 9.17) is 0 Å². The van der Waals surface area contributed by atoms with Crippen LogP contribution in [0.3, 0.4) is 0 Å². The van der Waals surface area contributed by atoms with Crippen LogP contribution in [-0.4, -0.2) is 6.36 Å². The summed E-state index contributed by atoms with van der Waals surface area (Å²) in [7, 11) is 0. The summed E-state index contributed by atoms with van der Waals surface area (Å²) in [5.74, 6) is 0. The van der Waals surface area contributed by atoms with Gasteiger partial charge in [0.05, 0.1) is 0 Å². The lowest BCUT2D eigenvalue weighted by molar-refractivity contribution is -0.315. The summed E-state index contributed by atoms with van der Waals surface area (Å²) in [6, 6.07) is -2.92. The molecule has 0 bridgehead atoms. The van der Waals surface area contributed by atoms with Crippen LogP contribution in [0.2, 0.25) is 0 Å². The predicted octanol–water partition coefficient (Wildman–Crippen LogP) is 4.55. The van der Waals surface area contributed by atoms with Crippen molar-refractivity contribution < 1.29 is 48.6 Å². The maximum absolute atomic E-state index is 11.2. The third-order valence-electron chi connectivity index (χ3n) is 0.497. The minimum atomic E-state index is -5.41. The molecule has 11 heteroatoms. The summed E-state index contributed by atoms with van der Waals surface area (Å²) in [5, 5.41) is 0. The van der Waals surface area contributed by atoms with Crippen molar-refractivity contribution in [3.8, 4) is 0 Å². The third kappa shape index (κ3) is 12.6. The predicted molar refractivity (Wildman–Crippen MR) is 28.9 cm³/mol. The van der Waals surface area contributed by atoms with Crippen LogP contribution in [0.4, 0.5) is 43.9 Å². The molecule has 0 N–H and O–H groups in total. The molecule has 0 heterocycles. The lowest BCUT2D eigenvalue weighted by Gasteiger charge is -2.03. The monoisotopic (exact) mass is 266 g/mol. The fraction of sp³-hybridized carbons (Fsp3) is 0.200. The first-order valence-electron chi connectivity index (χ1n) is 2.80. The van der Waals surface area contributed by atoms with Gasteiger partial charge in [0.25, 0.3) is 0 Å². The van der Waals surface area contributed by atoms with Crippen LogP contribution >= 0.6 is 0 Å². The standard InChI is InChI=1S/C3F6O.C2F4/c4-1(5)2(6)10-3(7,8)9;3-1(4)2(5)6. The molecule has 0 aromatic carbocycles. The van der Waals surface area contributed by atoms with Gasteiger partial charge in [-0.25, -0.2) is 0 Å². The summed E-state index contributed by atoms with van der Waals surface area (Å²) >= 11 is 0. The normalized spacial score (nSPS) is 9.88. The zero-order valence-corrected chi connectivity index (χ0v) is 6.69. The van der Waals surface area contributed by atoms with E-state index in [1.807, 2.05) is 0 Å². The molecule has 96 valence electrons. The number of rotatable bonds is 1. The van der Waals surface area contributed by atoms with Crippen molar-refractivity contribution in [1.82, 2.24) is 0 Å². The van der Waals surface area contributed by atoms with E-state index in [2.05, 4.69) is 4.74 Å². The van der Waals surface area contributed by atoms with Crippen LogP contribution in [0.1, 0.15) is 0 Å². The van der Waals surface area contributed by atoms with Gasteiger partial charge in [0.15, 0.2) is 0 Å². The fourth-order valence-electron chi connectivity index (χ4n) is 0.140. The molecule has 16 heavy (non-hydrogen) atoms. The van der Waals surface area contributed by atoms with Crippen LogP contribution in [0.15, 0.2) is 24.3 Å². The van der Waals surface area contributed by atoms with Crippen LogP contribution in [-0.2, 0) is 4.74 Å². The first-order valence-corrected chi connectivity index (χ1v) is 2.80. The number of alkyl halides is 3. The highest BCUT2D eigenvalue weighted by Crippen LogP contribution is 2.23. The van der Waals surface area contributed by atoms with E-state index in [9.17, 15) is 43.9 Å². The van der Waals surface area contributed by atoms with E-state index in [0.29, 0.717) is 0 Å². The van der Waals surface area contributed by atoms with E-state index in [1.54, 1.807) is 0 Å². The molecule has 1 nitrogen and oxygen atoms in total. The molecule has 0 aliphatic carbocycles. The van der Waals surface area contributed by atoms with Gasteiger partial charge in [0.1, 0.15) is 0 Å². The summed E-state index contributed by atoms with van der Waals surface area (Å²) in [6.07, 6.45) is -14.4. The van der Waals surface area contributed by atoms with Crippen LogP contribution in [0.25, 0.3) is 0 Å². The van der Waals surface area contributed by atoms with Crippen molar-refractivity contribution in [1.29, 1.82) is 0 Å². The van der Waals surface area contributed by atoms with E-state index in [-0.39, 0.29) is 0 Å². The molecule has 0 rings (SSSR count). The van der Waals surface area contributed by atoms with Crippen molar-refractivity contribution in [3.63, 3.8) is 0 Å². The van der Waals surface area contributed by atoms with Crippen molar-refractivity contribution >= 4 is 0 Å². The largest absolute Gasteiger partial charge is 0.574 e. The molecule has 0 aliphatic heterocycles. The summed E-state index contributed by atoms with van der Waals surface area (Å²) in [6.45, 7) is 0. The van der Waals surface area contributed by atoms with Crippen LogP contribution in [0, 0.1) is 0 Å². The Hall–Kier alpha value is -1.42. The molecule has 0 aromatic rings. The van der Waals surface area contributed by atoms with E-state index in [0.717, 1.165) is 0 Å². The van der Waals surface area contributed by atoms with Gasteiger partial charge in [-0.15, -0.1) is 13.2 Å². The number of hydrogen-bond acceptors (Lipinski definition) is 1. The molecule has 0 saturated carbocycles. The van der Waals surface area contributed by atoms with Crippen molar-refractivity contribution in [3.05, 3.63) is 24.3 Å². The highest BCUT2D eigenvalue weighted by molar-refractivity contribution is 4.80. The second-order valence-electron chi connectivity index (χ2n) is 1.60. The van der Waals surface area contributed by atoms with Gasteiger partial charge in [0, 0.05) is 0 Å². The zero-order chi connectivity index (χ0) is 13.5. The lowest BCUT2D eigenvalue weighted by atomic mass is 11.0. The average molecular weight is 266 g/mol. The minimum absolute atomic E-state index is 2.16. The van der Waals surface area contributed by atoms with E-state index < -0.39 is 30.6 Å². The maximum atomic E-state index is 11.2. The second-order valence-corrected chi connectivity index (χ2v) is 1.60. The molecule has 0 radical (unpaired) electrons. The number of ether oxygens (including phenoxy) is 1. The highest BCUT2D eigenvalue weighted by Gasteiger charge is 2.34. The maximum Gasteiger partial charge on any atom is 0.574 e. The Morgan fingerprint density at radius 1 is 0.625 bits per heavy atom. The van der Waals surface area contributed by atoms with Gasteiger partial charge in [-0.3, -0.25) is 0 Å². The third-order valence-corrected chi connectivity index (χ3v) is 0.497. The van der Waals surface area contributed by atoms with Gasteiger partial charge in [-0.1, -0.05) is 0 Å². The quantitative estimate of drug-likeness (QED) is 0.499. The number of halogens is 10. The second kappa shape index (κ2) is 6.95. The Balaban J connectivity index is 0. The Morgan fingerprint density at radius 3 is 1.00 bits per heavy atom. The molecule has 0 saturated heterocycles. The first kappa shape index (κ1) is 17.0. The van der Waals surface area contributed by atoms with Gasteiger partial charge >= 0.3 is 30.6 Å². The first-order chi connectivity index (χ1) is 6.97. The average Bonchev–Trinajstić information content (AvgIpc) is 2.01. The van der Waals surface area contributed by atoms with E-state index in [1.165, 1.54) is 0 Å². The van der Waals surface area contributed by atoms with Crippen LogP contribution in [0.5, 0.6) is 0 Å². The smallest absolute Gasteiger partial charge is 0.374 e. The van der Waals surface area contributed by atoms with Gasteiger partial charge in [-0.2, -0.15) is 30.7 Å². The summed E-state index contributed by atoms with van der Waals surface area (Å²) in [4.78, 5) is 0. The molecule has 0 fully saturated rings. The molecule has 0 spiro atoms. The van der Waals surface area contributed by atoms with Crippen LogP contribution < -0.4 is 0 Å². The molecule has 0 amide bonds. The Morgan fingerprint density at radius 2 is 0.938 bits per heavy atom. The molecular formula is C5F10O. The summed E-state index contributed by atoms with van der Waals surface area (Å²) in [5.41, 5.74) is 0. The minimum Gasteiger partial charge on any atom is -0.374 e. The molecule has 0 aliphatic rings. The highest BCUT2D eigenvalue weighted by atomic mass is 19.4. The van der Waals surface area contributed by atoms with Crippen molar-refractivity contribution in [2.24, 2.45) is 0 Å². The molecular weight excluding hydrogens is 266 g/mol. The fourth-order valence-corrected chi connectivity index (χ4v) is 0.140. The Bertz CT molecular complexity index is 253. The number of hydrogen-bond donors (Lipinski definition) is 0. The Labute approximate surface area is 80.6 Å². The van der Waals surface area contributed by atoms with Gasteiger partial charge in [0.2, 0.25) is 0 Å². The van der Waals surface area contributed by atoms with E-state index >= 15 is 0 Å². The molecule has 0 unspecified atom stereocenters.